The molecule has 1 unspecified atom stereocenters. The van der Waals surface area contributed by atoms with Crippen LogP contribution in [0.15, 0.2) is 12.2 Å². The smallest absolute Gasteiger partial charge is 0.305 e. The highest BCUT2D eigenvalue weighted by atomic mass is 16.5. The number of aliphatic hydroxyl groups excluding tert-OH is 1. The molecule has 0 aromatic heterocycles. The topological polar surface area (TPSA) is 46.5 Å². The van der Waals surface area contributed by atoms with Gasteiger partial charge in [0, 0.05) is 6.42 Å². The van der Waals surface area contributed by atoms with Crippen LogP contribution in [-0.4, -0.2) is 23.8 Å². The van der Waals surface area contributed by atoms with E-state index in [0.717, 1.165) is 12.8 Å². The Bertz CT molecular complexity index is 236. The summed E-state index contributed by atoms with van der Waals surface area (Å²) in [6.45, 7) is 4.25. The van der Waals surface area contributed by atoms with Crippen molar-refractivity contribution in [1.29, 1.82) is 0 Å². The highest BCUT2D eigenvalue weighted by Gasteiger charge is 1.99. The second kappa shape index (κ2) is 13.6. The second-order valence-corrected chi connectivity index (χ2v) is 4.94. The molecular formula is C16H30O3. The minimum absolute atomic E-state index is 0.203. The van der Waals surface area contributed by atoms with Crippen molar-refractivity contribution < 1.29 is 14.6 Å². The molecule has 3 heteroatoms. The van der Waals surface area contributed by atoms with E-state index in [4.69, 9.17) is 4.74 Å². The summed E-state index contributed by atoms with van der Waals surface area (Å²) in [5.41, 5.74) is 0. The summed E-state index contributed by atoms with van der Waals surface area (Å²) < 4.78 is 4.89. The lowest BCUT2D eigenvalue weighted by atomic mass is 10.1. The Kier molecular flexibility index (Phi) is 13.0. The first-order valence-corrected chi connectivity index (χ1v) is 7.71. The number of carbonyl (C=O) groups excluding carboxylic acids is 1. The van der Waals surface area contributed by atoms with Crippen LogP contribution in [-0.2, 0) is 9.53 Å². The lowest BCUT2D eigenvalue weighted by Crippen LogP contribution is -2.05. The highest BCUT2D eigenvalue weighted by Crippen LogP contribution is 2.10. The summed E-state index contributed by atoms with van der Waals surface area (Å²) in [6, 6.07) is 0. The molecule has 0 fully saturated rings. The molecule has 0 spiro atoms. The summed E-state index contributed by atoms with van der Waals surface area (Å²) in [5.74, 6) is -0.203. The van der Waals surface area contributed by atoms with Crippen molar-refractivity contribution in [3.8, 4) is 0 Å². The maximum Gasteiger partial charge on any atom is 0.305 e. The van der Waals surface area contributed by atoms with Crippen molar-refractivity contribution in [1.82, 2.24) is 0 Å². The quantitative estimate of drug-likeness (QED) is 0.331. The van der Waals surface area contributed by atoms with E-state index in [1.165, 1.54) is 38.5 Å². The van der Waals surface area contributed by atoms with Gasteiger partial charge in [0.15, 0.2) is 0 Å². The highest BCUT2D eigenvalue weighted by molar-refractivity contribution is 5.68. The lowest BCUT2D eigenvalue weighted by Gasteiger charge is -2.05. The van der Waals surface area contributed by atoms with Crippen LogP contribution in [0.5, 0.6) is 0 Å². The van der Waals surface area contributed by atoms with Crippen LogP contribution in [0.4, 0.5) is 0 Å². The van der Waals surface area contributed by atoms with Gasteiger partial charge in [0.2, 0.25) is 0 Å². The molecule has 0 aromatic rings. The van der Waals surface area contributed by atoms with Gasteiger partial charge in [-0.05, 0) is 12.5 Å². The van der Waals surface area contributed by atoms with E-state index in [1.807, 2.05) is 0 Å². The predicted molar refractivity (Wildman–Crippen MR) is 79.0 cm³/mol. The average Bonchev–Trinajstić information content (AvgIpc) is 2.42. The SMILES string of the molecule is CCCCCCCCCC(O)/C=C/COC(=O)CC. The largest absolute Gasteiger partial charge is 0.461 e. The Balaban J connectivity index is 3.36. The van der Waals surface area contributed by atoms with E-state index in [9.17, 15) is 9.90 Å². The van der Waals surface area contributed by atoms with E-state index >= 15 is 0 Å². The molecular weight excluding hydrogens is 240 g/mol. The lowest BCUT2D eigenvalue weighted by molar-refractivity contribution is -0.141. The van der Waals surface area contributed by atoms with Crippen molar-refractivity contribution >= 4 is 5.97 Å². The van der Waals surface area contributed by atoms with Gasteiger partial charge in [0.05, 0.1) is 6.10 Å². The Hall–Kier alpha value is -0.830. The third-order valence-electron chi connectivity index (χ3n) is 3.09. The minimum Gasteiger partial charge on any atom is -0.461 e. The van der Waals surface area contributed by atoms with Gasteiger partial charge in [-0.1, -0.05) is 64.9 Å². The van der Waals surface area contributed by atoms with Crippen molar-refractivity contribution in [2.45, 2.75) is 77.7 Å². The van der Waals surface area contributed by atoms with Gasteiger partial charge in [-0.2, -0.15) is 0 Å². The minimum atomic E-state index is -0.407. The molecule has 0 aliphatic carbocycles. The first-order chi connectivity index (χ1) is 9.20. The Morgan fingerprint density at radius 1 is 1.11 bits per heavy atom. The van der Waals surface area contributed by atoms with Crippen molar-refractivity contribution in [3.63, 3.8) is 0 Å². The van der Waals surface area contributed by atoms with Gasteiger partial charge in [0.1, 0.15) is 6.61 Å². The molecule has 3 nitrogen and oxygen atoms in total. The van der Waals surface area contributed by atoms with Crippen molar-refractivity contribution in [3.05, 3.63) is 12.2 Å². The van der Waals surface area contributed by atoms with Crippen LogP contribution in [0.25, 0.3) is 0 Å². The Labute approximate surface area is 118 Å². The van der Waals surface area contributed by atoms with Gasteiger partial charge in [-0.25, -0.2) is 0 Å². The molecule has 112 valence electrons. The Morgan fingerprint density at radius 2 is 1.74 bits per heavy atom. The van der Waals surface area contributed by atoms with E-state index < -0.39 is 6.10 Å². The molecule has 0 saturated carbocycles. The van der Waals surface area contributed by atoms with Crippen LogP contribution >= 0.6 is 0 Å². The average molecular weight is 270 g/mol. The molecule has 0 saturated heterocycles. The summed E-state index contributed by atoms with van der Waals surface area (Å²) in [4.78, 5) is 10.9. The molecule has 19 heavy (non-hydrogen) atoms. The summed E-state index contributed by atoms with van der Waals surface area (Å²) in [5, 5.41) is 9.69. The fraction of sp³-hybridized carbons (Fsp3) is 0.812. The number of ether oxygens (including phenoxy) is 1. The molecule has 0 aliphatic heterocycles. The van der Waals surface area contributed by atoms with Gasteiger partial charge in [-0.15, -0.1) is 0 Å². The second-order valence-electron chi connectivity index (χ2n) is 4.94. The van der Waals surface area contributed by atoms with Crippen molar-refractivity contribution in [2.75, 3.05) is 6.61 Å². The van der Waals surface area contributed by atoms with Gasteiger partial charge >= 0.3 is 5.97 Å². The number of aliphatic hydroxyl groups is 1. The van der Waals surface area contributed by atoms with Crippen LogP contribution in [0.3, 0.4) is 0 Å². The van der Waals surface area contributed by atoms with Crippen LogP contribution in [0.1, 0.15) is 71.6 Å². The van der Waals surface area contributed by atoms with Crippen molar-refractivity contribution in [2.24, 2.45) is 0 Å². The number of carbonyl (C=O) groups is 1. The van der Waals surface area contributed by atoms with Crippen LogP contribution in [0, 0.1) is 0 Å². The number of unbranched alkanes of at least 4 members (excludes halogenated alkanes) is 6. The molecule has 0 rings (SSSR count). The molecule has 0 bridgehead atoms. The molecule has 1 atom stereocenters. The standard InChI is InChI=1S/C16H30O3/c1-3-5-6-7-8-9-10-12-15(17)13-11-14-19-16(18)4-2/h11,13,15,17H,3-10,12,14H2,1-2H3/b13-11+. The molecule has 0 aromatic carbocycles. The zero-order chi connectivity index (χ0) is 14.3. The molecule has 0 heterocycles. The van der Waals surface area contributed by atoms with E-state index in [-0.39, 0.29) is 12.6 Å². The van der Waals surface area contributed by atoms with Crippen LogP contribution in [0.2, 0.25) is 0 Å². The van der Waals surface area contributed by atoms with Gasteiger partial charge < -0.3 is 9.84 Å². The normalized spacial score (nSPS) is 12.8. The predicted octanol–water partition coefficient (Wildman–Crippen LogP) is 4.00. The van der Waals surface area contributed by atoms with Gasteiger partial charge in [-0.3, -0.25) is 4.79 Å². The molecule has 0 amide bonds. The zero-order valence-electron chi connectivity index (χ0n) is 12.6. The Morgan fingerprint density at radius 3 is 2.37 bits per heavy atom. The molecule has 0 radical (unpaired) electrons. The summed E-state index contributed by atoms with van der Waals surface area (Å²) >= 11 is 0. The summed E-state index contributed by atoms with van der Waals surface area (Å²) in [7, 11) is 0. The fourth-order valence-corrected chi connectivity index (χ4v) is 1.86. The third-order valence-corrected chi connectivity index (χ3v) is 3.09. The number of esters is 1. The zero-order valence-corrected chi connectivity index (χ0v) is 12.6. The van der Waals surface area contributed by atoms with E-state index in [1.54, 1.807) is 19.1 Å². The fourth-order valence-electron chi connectivity index (χ4n) is 1.86. The van der Waals surface area contributed by atoms with Crippen LogP contribution < -0.4 is 0 Å². The first kappa shape index (κ1) is 18.2. The van der Waals surface area contributed by atoms with E-state index in [2.05, 4.69) is 6.92 Å². The van der Waals surface area contributed by atoms with Gasteiger partial charge in [0.25, 0.3) is 0 Å². The number of rotatable bonds is 12. The number of hydrogen-bond acceptors (Lipinski definition) is 3. The molecule has 0 aliphatic rings. The first-order valence-electron chi connectivity index (χ1n) is 7.71. The maximum atomic E-state index is 10.9. The summed E-state index contributed by atoms with van der Waals surface area (Å²) in [6.07, 6.45) is 13.0. The third kappa shape index (κ3) is 13.4. The van der Waals surface area contributed by atoms with E-state index in [0.29, 0.717) is 6.42 Å². The molecule has 1 N–H and O–H groups in total. The maximum absolute atomic E-state index is 10.9. The number of hydrogen-bond donors (Lipinski definition) is 1. The monoisotopic (exact) mass is 270 g/mol.